The van der Waals surface area contributed by atoms with E-state index in [4.69, 9.17) is 14.7 Å². The first-order chi connectivity index (χ1) is 12.6. The third kappa shape index (κ3) is 4.50. The van der Waals surface area contributed by atoms with E-state index in [0.717, 1.165) is 44.2 Å². The topological polar surface area (TPSA) is 74.6 Å². The molecule has 26 heavy (non-hydrogen) atoms. The molecule has 6 nitrogen and oxygen atoms in total. The number of nitrogens with zero attached hydrogens (tertiary/aromatic N) is 2. The lowest BCUT2D eigenvalue weighted by molar-refractivity contribution is -0.128. The van der Waals surface area contributed by atoms with E-state index in [0.29, 0.717) is 17.9 Å². The average Bonchev–Trinajstić information content (AvgIpc) is 3.17. The number of thioether (sulfide) groups is 1. The summed E-state index contributed by atoms with van der Waals surface area (Å²) in [6.45, 7) is 5.72. The second kappa shape index (κ2) is 8.76. The lowest BCUT2D eigenvalue weighted by Crippen LogP contribution is -2.59. The number of rotatable bonds is 6. The minimum absolute atomic E-state index is 0.0184. The van der Waals surface area contributed by atoms with E-state index >= 15 is 0 Å². The predicted molar refractivity (Wildman–Crippen MR) is 101 cm³/mol. The Labute approximate surface area is 158 Å². The number of morpholine rings is 1. The maximum absolute atomic E-state index is 12.5. The third-order valence-electron chi connectivity index (χ3n) is 5.00. The first-order valence-electron chi connectivity index (χ1n) is 8.98. The van der Waals surface area contributed by atoms with E-state index in [1.807, 2.05) is 11.8 Å². The summed E-state index contributed by atoms with van der Waals surface area (Å²) in [5, 5.41) is 12.0. The van der Waals surface area contributed by atoms with E-state index < -0.39 is 6.10 Å². The molecular weight excluding hydrogens is 350 g/mol. The second-order valence-corrected chi connectivity index (χ2v) is 7.85. The van der Waals surface area contributed by atoms with Gasteiger partial charge in [0.1, 0.15) is 5.75 Å². The summed E-state index contributed by atoms with van der Waals surface area (Å²) < 4.78 is 11.2. The summed E-state index contributed by atoms with van der Waals surface area (Å²) in [5.41, 5.74) is 0.536. The molecule has 1 N–H and O–H groups in total. The number of ether oxygens (including phenoxy) is 2. The number of nitriles is 1. The van der Waals surface area contributed by atoms with E-state index in [1.54, 1.807) is 31.2 Å². The third-order valence-corrected chi connectivity index (χ3v) is 6.24. The van der Waals surface area contributed by atoms with Gasteiger partial charge in [0.25, 0.3) is 5.91 Å². The monoisotopic (exact) mass is 375 g/mol. The molecule has 0 unspecified atom stereocenters. The van der Waals surface area contributed by atoms with E-state index in [9.17, 15) is 4.79 Å². The van der Waals surface area contributed by atoms with Crippen LogP contribution in [0.1, 0.15) is 18.9 Å². The number of amides is 1. The fourth-order valence-electron chi connectivity index (χ4n) is 3.43. The van der Waals surface area contributed by atoms with Gasteiger partial charge in [0.15, 0.2) is 6.10 Å². The normalized spacial score (nSPS) is 24.6. The lowest BCUT2D eigenvalue weighted by atomic mass is 9.95. The molecule has 140 valence electrons. The van der Waals surface area contributed by atoms with Gasteiger partial charge in [0.05, 0.1) is 24.8 Å². The quantitative estimate of drug-likeness (QED) is 0.815. The van der Waals surface area contributed by atoms with Crippen molar-refractivity contribution in [3.8, 4) is 11.8 Å². The summed E-state index contributed by atoms with van der Waals surface area (Å²) >= 11 is 1.95. The highest BCUT2D eigenvalue weighted by Crippen LogP contribution is 2.33. The molecule has 1 amide bonds. The highest BCUT2D eigenvalue weighted by Gasteiger charge is 2.41. The molecule has 2 saturated heterocycles. The van der Waals surface area contributed by atoms with Crippen LogP contribution in [-0.4, -0.2) is 66.8 Å². The van der Waals surface area contributed by atoms with Crippen LogP contribution >= 0.6 is 11.8 Å². The van der Waals surface area contributed by atoms with Gasteiger partial charge in [0, 0.05) is 30.9 Å². The van der Waals surface area contributed by atoms with Crippen LogP contribution in [0.3, 0.4) is 0 Å². The predicted octanol–water partition coefficient (Wildman–Crippen LogP) is 1.65. The average molecular weight is 375 g/mol. The summed E-state index contributed by atoms with van der Waals surface area (Å²) in [5.74, 6) is 2.57. The lowest BCUT2D eigenvalue weighted by Gasteiger charge is -2.43. The molecule has 1 aromatic carbocycles. The van der Waals surface area contributed by atoms with Crippen LogP contribution in [0, 0.1) is 11.3 Å². The molecule has 0 aliphatic carbocycles. The molecular formula is C19H25N3O3S. The van der Waals surface area contributed by atoms with Crippen molar-refractivity contribution in [2.75, 3.05) is 44.4 Å². The molecule has 7 heteroatoms. The zero-order valence-electron chi connectivity index (χ0n) is 15.1. The SMILES string of the molecule is C[C@@H](Oc1cccc(C#N)c1)C(=O)NC[C@@]1(N2CCOCC2)CCSC1. The highest BCUT2D eigenvalue weighted by molar-refractivity contribution is 7.99. The van der Waals surface area contributed by atoms with Crippen molar-refractivity contribution in [1.82, 2.24) is 10.2 Å². The van der Waals surface area contributed by atoms with Crippen molar-refractivity contribution in [3.63, 3.8) is 0 Å². The Morgan fingerprint density at radius 3 is 3.00 bits per heavy atom. The molecule has 0 bridgehead atoms. The van der Waals surface area contributed by atoms with Crippen LogP contribution in [0.2, 0.25) is 0 Å². The highest BCUT2D eigenvalue weighted by atomic mass is 32.2. The zero-order chi connectivity index (χ0) is 18.4. The van der Waals surface area contributed by atoms with Gasteiger partial charge in [-0.25, -0.2) is 0 Å². The first-order valence-corrected chi connectivity index (χ1v) is 10.1. The van der Waals surface area contributed by atoms with E-state index in [-0.39, 0.29) is 11.4 Å². The molecule has 2 atom stereocenters. The van der Waals surface area contributed by atoms with Crippen LogP contribution in [0.4, 0.5) is 0 Å². The number of benzene rings is 1. The second-order valence-electron chi connectivity index (χ2n) is 6.74. The minimum atomic E-state index is -0.611. The number of nitrogens with one attached hydrogen (secondary N) is 1. The molecule has 2 aliphatic rings. The van der Waals surface area contributed by atoms with Gasteiger partial charge < -0.3 is 14.8 Å². The molecule has 3 rings (SSSR count). The van der Waals surface area contributed by atoms with Gasteiger partial charge in [0.2, 0.25) is 0 Å². The first kappa shape index (κ1) is 19.0. The number of carbonyl (C=O) groups excluding carboxylic acids is 1. The molecule has 2 aliphatic heterocycles. The molecule has 0 radical (unpaired) electrons. The van der Waals surface area contributed by atoms with Crippen LogP contribution in [0.15, 0.2) is 24.3 Å². The maximum atomic E-state index is 12.5. The summed E-state index contributed by atoms with van der Waals surface area (Å²) in [7, 11) is 0. The Morgan fingerprint density at radius 1 is 1.50 bits per heavy atom. The molecule has 2 heterocycles. The van der Waals surface area contributed by atoms with Gasteiger partial charge in [-0.3, -0.25) is 9.69 Å². The Morgan fingerprint density at radius 2 is 2.31 bits per heavy atom. The fraction of sp³-hybridized carbons (Fsp3) is 0.579. The van der Waals surface area contributed by atoms with Gasteiger partial charge in [-0.15, -0.1) is 0 Å². The largest absolute Gasteiger partial charge is 0.481 e. The van der Waals surface area contributed by atoms with Crippen molar-refractivity contribution >= 4 is 17.7 Å². The number of carbonyl (C=O) groups is 1. The van der Waals surface area contributed by atoms with Crippen molar-refractivity contribution in [1.29, 1.82) is 5.26 Å². The summed E-state index contributed by atoms with van der Waals surface area (Å²) in [4.78, 5) is 15.0. The summed E-state index contributed by atoms with van der Waals surface area (Å²) in [6, 6.07) is 8.94. The Bertz CT molecular complexity index is 664. The molecule has 0 saturated carbocycles. The van der Waals surface area contributed by atoms with Gasteiger partial charge in [-0.2, -0.15) is 17.0 Å². The van der Waals surface area contributed by atoms with Crippen molar-refractivity contribution < 1.29 is 14.3 Å². The number of hydrogen-bond donors (Lipinski definition) is 1. The van der Waals surface area contributed by atoms with Crippen molar-refractivity contribution in [2.45, 2.75) is 25.0 Å². The number of hydrogen-bond acceptors (Lipinski definition) is 6. The standard InChI is InChI=1S/C19H25N3O3S/c1-15(25-17-4-2-3-16(11-17)12-20)18(23)21-13-19(5-10-26-14-19)22-6-8-24-9-7-22/h2-4,11,15H,5-10,13-14H2,1H3,(H,21,23)/t15-,19+/m1/s1. The van der Waals surface area contributed by atoms with Gasteiger partial charge >= 0.3 is 0 Å². The fourth-order valence-corrected chi connectivity index (χ4v) is 4.90. The molecule has 1 aromatic rings. The van der Waals surface area contributed by atoms with E-state index in [1.165, 1.54) is 0 Å². The Hall–Kier alpha value is -1.75. The zero-order valence-corrected chi connectivity index (χ0v) is 15.9. The van der Waals surface area contributed by atoms with Crippen LogP contribution in [-0.2, 0) is 9.53 Å². The van der Waals surface area contributed by atoms with Crippen LogP contribution in [0.5, 0.6) is 5.75 Å². The minimum Gasteiger partial charge on any atom is -0.481 e. The van der Waals surface area contributed by atoms with Crippen molar-refractivity contribution in [3.05, 3.63) is 29.8 Å². The smallest absolute Gasteiger partial charge is 0.260 e. The molecule has 0 spiro atoms. The van der Waals surface area contributed by atoms with Gasteiger partial charge in [-0.05, 0) is 37.3 Å². The molecule has 2 fully saturated rings. The Balaban J connectivity index is 1.56. The maximum Gasteiger partial charge on any atom is 0.260 e. The van der Waals surface area contributed by atoms with Crippen molar-refractivity contribution in [2.24, 2.45) is 0 Å². The Kier molecular flexibility index (Phi) is 6.41. The molecule has 0 aromatic heterocycles. The van der Waals surface area contributed by atoms with Crippen LogP contribution in [0.25, 0.3) is 0 Å². The van der Waals surface area contributed by atoms with Gasteiger partial charge in [-0.1, -0.05) is 6.07 Å². The summed E-state index contributed by atoms with van der Waals surface area (Å²) in [6.07, 6.45) is 0.469. The van der Waals surface area contributed by atoms with E-state index in [2.05, 4.69) is 16.3 Å². The van der Waals surface area contributed by atoms with Crippen LogP contribution < -0.4 is 10.1 Å².